The first-order valence-electron chi connectivity index (χ1n) is 8.14. The van der Waals surface area contributed by atoms with Crippen LogP contribution in [0.5, 0.6) is 0 Å². The molecule has 22 heavy (non-hydrogen) atoms. The molecule has 1 aliphatic carbocycles. The van der Waals surface area contributed by atoms with Crippen LogP contribution < -0.4 is 0 Å². The molecule has 0 bridgehead atoms. The van der Waals surface area contributed by atoms with Gasteiger partial charge in [0, 0.05) is 24.4 Å². The number of aliphatic carboxylic acids is 1. The van der Waals surface area contributed by atoms with Gasteiger partial charge in [-0.2, -0.15) is 0 Å². The second-order valence-electron chi connectivity index (χ2n) is 6.66. The molecule has 0 radical (unpaired) electrons. The molecular formula is C18H23NO3. The Morgan fingerprint density at radius 3 is 2.41 bits per heavy atom. The van der Waals surface area contributed by atoms with Crippen LogP contribution in [0, 0.1) is 11.3 Å². The molecule has 1 aromatic carbocycles. The van der Waals surface area contributed by atoms with Gasteiger partial charge in [-0.1, -0.05) is 43.7 Å². The lowest BCUT2D eigenvalue weighted by atomic mass is 9.66. The molecule has 1 N–H and O–H groups in total. The maximum Gasteiger partial charge on any atom is 0.308 e. The average Bonchev–Trinajstić information content (AvgIpc) is 2.93. The summed E-state index contributed by atoms with van der Waals surface area (Å²) in [6.45, 7) is 2.94. The van der Waals surface area contributed by atoms with Crippen molar-refractivity contribution in [2.24, 2.45) is 11.3 Å². The summed E-state index contributed by atoms with van der Waals surface area (Å²) in [5.41, 5.74) is 0.804. The molecule has 4 heteroatoms. The third-order valence-corrected chi connectivity index (χ3v) is 5.59. The number of carbonyl (C=O) groups is 2. The standard InChI is InChI=1S/C18H23NO3/c1-2-18(9-6-10-18)17(22)19-11-14(15(12-19)16(20)21)13-7-4-3-5-8-13/h3-5,7-8,14-15H,2,6,9-12H2,1H3,(H,20,21)/t14-,15-/m0/s1. The number of hydrogen-bond acceptors (Lipinski definition) is 2. The van der Waals surface area contributed by atoms with Gasteiger partial charge >= 0.3 is 5.97 Å². The second-order valence-corrected chi connectivity index (χ2v) is 6.66. The Labute approximate surface area is 131 Å². The molecule has 2 atom stereocenters. The summed E-state index contributed by atoms with van der Waals surface area (Å²) in [6.07, 6.45) is 3.87. The molecule has 2 aliphatic rings. The van der Waals surface area contributed by atoms with Gasteiger partial charge in [0.05, 0.1) is 5.92 Å². The highest BCUT2D eigenvalue weighted by Gasteiger charge is 2.49. The molecule has 0 aromatic heterocycles. The third-order valence-electron chi connectivity index (χ3n) is 5.59. The Balaban J connectivity index is 1.82. The van der Waals surface area contributed by atoms with E-state index in [1.807, 2.05) is 30.3 Å². The van der Waals surface area contributed by atoms with Crippen molar-refractivity contribution >= 4 is 11.9 Å². The molecule has 1 aliphatic heterocycles. The molecule has 4 nitrogen and oxygen atoms in total. The molecule has 118 valence electrons. The van der Waals surface area contributed by atoms with Crippen molar-refractivity contribution in [3.05, 3.63) is 35.9 Å². The van der Waals surface area contributed by atoms with Gasteiger partial charge in [0.25, 0.3) is 0 Å². The fourth-order valence-corrected chi connectivity index (χ4v) is 3.92. The van der Waals surface area contributed by atoms with E-state index in [1.54, 1.807) is 4.90 Å². The van der Waals surface area contributed by atoms with E-state index in [1.165, 1.54) is 0 Å². The number of hydrogen-bond donors (Lipinski definition) is 1. The summed E-state index contributed by atoms with van der Waals surface area (Å²) >= 11 is 0. The third kappa shape index (κ3) is 2.40. The number of carbonyl (C=O) groups excluding carboxylic acids is 1. The summed E-state index contributed by atoms with van der Waals surface area (Å²) in [5, 5.41) is 9.54. The highest BCUT2D eigenvalue weighted by molar-refractivity contribution is 5.85. The zero-order chi connectivity index (χ0) is 15.7. The zero-order valence-corrected chi connectivity index (χ0v) is 13.0. The molecule has 3 rings (SSSR count). The maximum atomic E-state index is 12.9. The average molecular weight is 301 g/mol. The Kier molecular flexibility index (Phi) is 3.94. The first-order chi connectivity index (χ1) is 10.6. The lowest BCUT2D eigenvalue weighted by Gasteiger charge is -2.42. The monoisotopic (exact) mass is 301 g/mol. The van der Waals surface area contributed by atoms with E-state index >= 15 is 0 Å². The van der Waals surface area contributed by atoms with Gasteiger partial charge in [-0.05, 0) is 24.8 Å². The van der Waals surface area contributed by atoms with Gasteiger partial charge in [-0.3, -0.25) is 9.59 Å². The van der Waals surface area contributed by atoms with Crippen LogP contribution in [0.15, 0.2) is 30.3 Å². The van der Waals surface area contributed by atoms with Crippen LogP contribution in [0.1, 0.15) is 44.1 Å². The van der Waals surface area contributed by atoms with Crippen molar-refractivity contribution in [2.75, 3.05) is 13.1 Å². The molecule has 1 amide bonds. The lowest BCUT2D eigenvalue weighted by Crippen LogP contribution is -2.47. The minimum Gasteiger partial charge on any atom is -0.481 e. The number of carboxylic acid groups (broad SMARTS) is 1. The minimum absolute atomic E-state index is 0.100. The predicted molar refractivity (Wildman–Crippen MR) is 83.5 cm³/mol. The smallest absolute Gasteiger partial charge is 0.308 e. The summed E-state index contributed by atoms with van der Waals surface area (Å²) in [6, 6.07) is 9.72. The minimum atomic E-state index is -0.802. The first-order valence-corrected chi connectivity index (χ1v) is 8.14. The normalized spacial score (nSPS) is 26.5. The van der Waals surface area contributed by atoms with Crippen LogP contribution in [0.3, 0.4) is 0 Å². The lowest BCUT2D eigenvalue weighted by molar-refractivity contribution is -0.147. The highest BCUT2D eigenvalue weighted by Crippen LogP contribution is 2.47. The topological polar surface area (TPSA) is 57.6 Å². The van der Waals surface area contributed by atoms with E-state index < -0.39 is 11.9 Å². The molecule has 0 unspecified atom stereocenters. The highest BCUT2D eigenvalue weighted by atomic mass is 16.4. The maximum absolute atomic E-state index is 12.9. The molecule has 1 heterocycles. The molecule has 1 saturated heterocycles. The number of likely N-dealkylation sites (tertiary alicyclic amines) is 1. The van der Waals surface area contributed by atoms with Crippen LogP contribution in [0.4, 0.5) is 0 Å². The van der Waals surface area contributed by atoms with Gasteiger partial charge in [-0.25, -0.2) is 0 Å². The number of nitrogens with zero attached hydrogens (tertiary/aromatic N) is 1. The summed E-state index contributed by atoms with van der Waals surface area (Å²) in [7, 11) is 0. The predicted octanol–water partition coefficient (Wildman–Crippen LogP) is 2.89. The van der Waals surface area contributed by atoms with Crippen LogP contribution in [-0.2, 0) is 9.59 Å². The zero-order valence-electron chi connectivity index (χ0n) is 13.0. The van der Waals surface area contributed by atoms with E-state index in [0.717, 1.165) is 31.2 Å². The van der Waals surface area contributed by atoms with Crippen molar-refractivity contribution < 1.29 is 14.7 Å². The van der Waals surface area contributed by atoms with Crippen LogP contribution >= 0.6 is 0 Å². The van der Waals surface area contributed by atoms with E-state index in [0.29, 0.717) is 13.1 Å². The van der Waals surface area contributed by atoms with Crippen molar-refractivity contribution in [1.29, 1.82) is 0 Å². The summed E-state index contributed by atoms with van der Waals surface area (Å²) in [5.74, 6) is -1.23. The molecular weight excluding hydrogens is 278 g/mol. The number of rotatable bonds is 4. The summed E-state index contributed by atoms with van der Waals surface area (Å²) < 4.78 is 0. The van der Waals surface area contributed by atoms with Crippen molar-refractivity contribution in [1.82, 2.24) is 4.90 Å². The van der Waals surface area contributed by atoms with E-state index in [-0.39, 0.29) is 17.2 Å². The van der Waals surface area contributed by atoms with E-state index in [4.69, 9.17) is 0 Å². The Bertz CT molecular complexity index is 559. The van der Waals surface area contributed by atoms with E-state index in [2.05, 4.69) is 6.92 Å². The van der Waals surface area contributed by atoms with Crippen molar-refractivity contribution in [2.45, 2.75) is 38.5 Å². The van der Waals surface area contributed by atoms with E-state index in [9.17, 15) is 14.7 Å². The quantitative estimate of drug-likeness (QED) is 0.930. The van der Waals surface area contributed by atoms with Crippen molar-refractivity contribution in [3.8, 4) is 0 Å². The summed E-state index contributed by atoms with van der Waals surface area (Å²) in [4.78, 5) is 26.3. The Morgan fingerprint density at radius 2 is 1.91 bits per heavy atom. The Morgan fingerprint density at radius 1 is 1.23 bits per heavy atom. The molecule has 1 saturated carbocycles. The van der Waals surface area contributed by atoms with Crippen LogP contribution in [0.25, 0.3) is 0 Å². The van der Waals surface area contributed by atoms with Gasteiger partial charge in [0.1, 0.15) is 0 Å². The first kappa shape index (κ1) is 15.1. The largest absolute Gasteiger partial charge is 0.481 e. The van der Waals surface area contributed by atoms with Gasteiger partial charge in [0.2, 0.25) is 5.91 Å². The Hall–Kier alpha value is -1.84. The van der Waals surface area contributed by atoms with Crippen molar-refractivity contribution in [3.63, 3.8) is 0 Å². The van der Waals surface area contributed by atoms with Gasteiger partial charge in [0.15, 0.2) is 0 Å². The molecule has 0 spiro atoms. The number of carboxylic acids is 1. The fourth-order valence-electron chi connectivity index (χ4n) is 3.92. The molecule has 2 fully saturated rings. The van der Waals surface area contributed by atoms with Crippen LogP contribution in [0.2, 0.25) is 0 Å². The SMILES string of the molecule is CCC1(C(=O)N2C[C@H](C(=O)O)[C@H](c3ccccc3)C2)CCC1. The van der Waals surface area contributed by atoms with Gasteiger partial charge < -0.3 is 10.0 Å². The molecule has 1 aromatic rings. The fraction of sp³-hybridized carbons (Fsp3) is 0.556. The van der Waals surface area contributed by atoms with Gasteiger partial charge in [-0.15, -0.1) is 0 Å². The number of benzene rings is 1. The number of amides is 1. The second kappa shape index (κ2) is 5.75. The van der Waals surface area contributed by atoms with Crippen LogP contribution in [-0.4, -0.2) is 35.0 Å².